The number of benzene rings is 3. The van der Waals surface area contributed by atoms with Crippen LogP contribution in [0.25, 0.3) is 11.3 Å². The van der Waals surface area contributed by atoms with Crippen LogP contribution in [0.2, 0.25) is 0 Å². The lowest BCUT2D eigenvalue weighted by Crippen LogP contribution is -2.20. The number of nitro benzene ring substituents is 1. The highest BCUT2D eigenvalue weighted by atomic mass is 79.9. The standard InChI is InChI=1S/C24H17BrN4O4S/c25-18-8-6-17(7-9-18)22-15-34-24(28-22)26-13-16-4-10-21(11-5-16)33-14-23(30)27-19-2-1-3-20(12-19)29(31)32/h1-13,15H,14H2,(H,27,30). The molecule has 3 aromatic carbocycles. The number of hydrogen-bond donors (Lipinski definition) is 1. The molecule has 0 fully saturated rings. The van der Waals surface area contributed by atoms with Gasteiger partial charge in [-0.3, -0.25) is 14.9 Å². The Balaban J connectivity index is 1.30. The number of nitrogens with zero attached hydrogens (tertiary/aromatic N) is 3. The van der Waals surface area contributed by atoms with Crippen LogP contribution in [-0.4, -0.2) is 28.6 Å². The summed E-state index contributed by atoms with van der Waals surface area (Å²) in [5.74, 6) is 0.0922. The van der Waals surface area contributed by atoms with Crippen LogP contribution in [0.15, 0.2) is 87.6 Å². The Bertz CT molecular complexity index is 1340. The molecule has 0 aliphatic heterocycles. The summed E-state index contributed by atoms with van der Waals surface area (Å²) in [5, 5.41) is 16.0. The minimum Gasteiger partial charge on any atom is -0.484 e. The molecular weight excluding hydrogens is 520 g/mol. The van der Waals surface area contributed by atoms with E-state index in [1.54, 1.807) is 24.4 Å². The summed E-state index contributed by atoms with van der Waals surface area (Å²) >= 11 is 4.88. The number of amides is 1. The number of carbonyl (C=O) groups is 1. The largest absolute Gasteiger partial charge is 0.484 e. The molecule has 10 heteroatoms. The van der Waals surface area contributed by atoms with Crippen molar-refractivity contribution in [3.63, 3.8) is 0 Å². The first-order valence-corrected chi connectivity index (χ1v) is 11.7. The number of aromatic nitrogens is 1. The van der Waals surface area contributed by atoms with Gasteiger partial charge in [0, 0.05) is 39.5 Å². The molecule has 0 spiro atoms. The quantitative estimate of drug-likeness (QED) is 0.163. The van der Waals surface area contributed by atoms with E-state index in [0.717, 1.165) is 21.3 Å². The minimum absolute atomic E-state index is 0.0988. The van der Waals surface area contributed by atoms with Gasteiger partial charge in [0.1, 0.15) is 5.75 Å². The number of halogens is 1. The van der Waals surface area contributed by atoms with Crippen LogP contribution in [0.4, 0.5) is 16.5 Å². The Morgan fingerprint density at radius 1 is 1.15 bits per heavy atom. The van der Waals surface area contributed by atoms with Crippen molar-refractivity contribution in [3.8, 4) is 17.0 Å². The van der Waals surface area contributed by atoms with E-state index in [9.17, 15) is 14.9 Å². The van der Waals surface area contributed by atoms with E-state index in [1.165, 1.54) is 29.5 Å². The third kappa shape index (κ3) is 6.33. The van der Waals surface area contributed by atoms with Crippen molar-refractivity contribution < 1.29 is 14.5 Å². The minimum atomic E-state index is -0.521. The monoisotopic (exact) mass is 536 g/mol. The fourth-order valence-corrected chi connectivity index (χ4v) is 3.83. The summed E-state index contributed by atoms with van der Waals surface area (Å²) < 4.78 is 6.51. The van der Waals surface area contributed by atoms with Crippen molar-refractivity contribution in [2.24, 2.45) is 4.99 Å². The van der Waals surface area contributed by atoms with Crippen molar-refractivity contribution in [1.29, 1.82) is 0 Å². The average molecular weight is 537 g/mol. The van der Waals surface area contributed by atoms with Gasteiger partial charge < -0.3 is 10.1 Å². The Morgan fingerprint density at radius 3 is 2.65 bits per heavy atom. The molecule has 8 nitrogen and oxygen atoms in total. The van der Waals surface area contributed by atoms with Gasteiger partial charge in [0.15, 0.2) is 6.61 Å². The van der Waals surface area contributed by atoms with Crippen molar-refractivity contribution >= 4 is 55.9 Å². The number of nitro groups is 1. The molecule has 0 aliphatic rings. The first-order chi connectivity index (χ1) is 16.5. The highest BCUT2D eigenvalue weighted by molar-refractivity contribution is 9.10. The molecular formula is C24H17BrN4O4S. The third-order valence-electron chi connectivity index (χ3n) is 4.55. The van der Waals surface area contributed by atoms with Gasteiger partial charge in [-0.15, -0.1) is 11.3 Å². The van der Waals surface area contributed by atoms with Crippen LogP contribution in [0.5, 0.6) is 5.75 Å². The summed E-state index contributed by atoms with van der Waals surface area (Å²) in [6, 6.07) is 20.8. The number of carbonyl (C=O) groups excluding carboxylic acids is 1. The Morgan fingerprint density at radius 2 is 1.91 bits per heavy atom. The number of rotatable bonds is 8. The lowest BCUT2D eigenvalue weighted by atomic mass is 10.2. The van der Waals surface area contributed by atoms with E-state index >= 15 is 0 Å². The van der Waals surface area contributed by atoms with E-state index in [0.29, 0.717) is 16.6 Å². The van der Waals surface area contributed by atoms with Gasteiger partial charge >= 0.3 is 0 Å². The second-order valence-electron chi connectivity index (χ2n) is 6.99. The molecule has 0 saturated heterocycles. The van der Waals surface area contributed by atoms with Crippen LogP contribution in [0.3, 0.4) is 0 Å². The maximum Gasteiger partial charge on any atom is 0.271 e. The molecule has 0 atom stereocenters. The highest BCUT2D eigenvalue weighted by Crippen LogP contribution is 2.27. The van der Waals surface area contributed by atoms with Crippen molar-refractivity contribution in [2.45, 2.75) is 0 Å². The molecule has 170 valence electrons. The maximum absolute atomic E-state index is 12.1. The Kier molecular flexibility index (Phi) is 7.41. The first-order valence-electron chi connectivity index (χ1n) is 9.99. The highest BCUT2D eigenvalue weighted by Gasteiger charge is 2.09. The Labute approximate surface area is 207 Å². The van der Waals surface area contributed by atoms with Crippen LogP contribution < -0.4 is 10.1 Å². The molecule has 0 saturated carbocycles. The maximum atomic E-state index is 12.1. The van der Waals surface area contributed by atoms with Gasteiger partial charge in [-0.25, -0.2) is 9.98 Å². The number of thiazole rings is 1. The lowest BCUT2D eigenvalue weighted by Gasteiger charge is -2.07. The summed E-state index contributed by atoms with van der Waals surface area (Å²) in [6.45, 7) is -0.228. The molecule has 1 N–H and O–H groups in total. The number of aliphatic imine (C=N–C) groups is 1. The first kappa shape index (κ1) is 23.3. The predicted octanol–water partition coefficient (Wildman–Crippen LogP) is 6.25. The zero-order valence-electron chi connectivity index (χ0n) is 17.6. The fourth-order valence-electron chi connectivity index (χ4n) is 2.90. The normalized spacial score (nSPS) is 10.9. The molecule has 4 aromatic rings. The molecule has 0 aliphatic carbocycles. The smallest absolute Gasteiger partial charge is 0.271 e. The molecule has 4 rings (SSSR count). The molecule has 34 heavy (non-hydrogen) atoms. The molecule has 1 aromatic heterocycles. The summed E-state index contributed by atoms with van der Waals surface area (Å²) in [5.41, 5.74) is 2.99. The van der Waals surface area contributed by atoms with Crippen LogP contribution in [0, 0.1) is 10.1 Å². The second kappa shape index (κ2) is 10.8. The Hall–Kier alpha value is -3.89. The van der Waals surface area contributed by atoms with Crippen LogP contribution in [0.1, 0.15) is 5.56 Å². The van der Waals surface area contributed by atoms with E-state index in [1.807, 2.05) is 41.8 Å². The van der Waals surface area contributed by atoms with Gasteiger partial charge in [0.2, 0.25) is 5.13 Å². The van der Waals surface area contributed by atoms with Crippen molar-refractivity contribution in [2.75, 3.05) is 11.9 Å². The fraction of sp³-hybridized carbons (Fsp3) is 0.0417. The average Bonchev–Trinajstić information content (AvgIpc) is 3.32. The van der Waals surface area contributed by atoms with Gasteiger partial charge in [-0.1, -0.05) is 34.1 Å². The third-order valence-corrected chi connectivity index (χ3v) is 5.82. The molecule has 1 heterocycles. The van der Waals surface area contributed by atoms with Gasteiger partial charge in [0.25, 0.3) is 11.6 Å². The molecule has 0 bridgehead atoms. The number of ether oxygens (including phenoxy) is 1. The van der Waals surface area contributed by atoms with Gasteiger partial charge in [-0.2, -0.15) is 0 Å². The van der Waals surface area contributed by atoms with E-state index in [2.05, 4.69) is 31.2 Å². The summed E-state index contributed by atoms with van der Waals surface area (Å²) in [7, 11) is 0. The summed E-state index contributed by atoms with van der Waals surface area (Å²) in [4.78, 5) is 31.4. The lowest BCUT2D eigenvalue weighted by molar-refractivity contribution is -0.384. The summed E-state index contributed by atoms with van der Waals surface area (Å²) in [6.07, 6.45) is 1.71. The second-order valence-corrected chi connectivity index (χ2v) is 8.75. The predicted molar refractivity (Wildman–Crippen MR) is 136 cm³/mol. The number of hydrogen-bond acceptors (Lipinski definition) is 7. The van der Waals surface area contributed by atoms with Crippen molar-refractivity contribution in [3.05, 3.63) is 98.3 Å². The number of nitrogens with one attached hydrogen (secondary N) is 1. The van der Waals surface area contributed by atoms with E-state index in [4.69, 9.17) is 4.74 Å². The number of non-ortho nitro benzene ring substituents is 1. The molecule has 0 unspecified atom stereocenters. The zero-order valence-corrected chi connectivity index (χ0v) is 20.0. The van der Waals surface area contributed by atoms with E-state index in [-0.39, 0.29) is 12.3 Å². The number of anilines is 1. The van der Waals surface area contributed by atoms with Gasteiger partial charge in [0.05, 0.1) is 10.6 Å². The van der Waals surface area contributed by atoms with E-state index < -0.39 is 10.8 Å². The van der Waals surface area contributed by atoms with Crippen LogP contribution in [-0.2, 0) is 4.79 Å². The van der Waals surface area contributed by atoms with Crippen LogP contribution >= 0.6 is 27.3 Å². The van der Waals surface area contributed by atoms with Gasteiger partial charge in [-0.05, 0) is 48.0 Å². The van der Waals surface area contributed by atoms with Crippen molar-refractivity contribution in [1.82, 2.24) is 4.98 Å². The topological polar surface area (TPSA) is 107 Å². The molecule has 0 radical (unpaired) electrons. The SMILES string of the molecule is O=C(COc1ccc(C=Nc2nc(-c3ccc(Br)cc3)cs2)cc1)Nc1cccc([N+](=O)[O-])c1. The molecule has 1 amide bonds. The zero-order chi connectivity index (χ0) is 23.9.